The molecule has 1 amide bonds. The van der Waals surface area contributed by atoms with Crippen molar-refractivity contribution < 1.29 is 14.0 Å². The van der Waals surface area contributed by atoms with E-state index in [4.69, 9.17) is 5.73 Å². The molecule has 2 aromatic heterocycles. The third kappa shape index (κ3) is 3.52. The summed E-state index contributed by atoms with van der Waals surface area (Å²) in [5, 5.41) is 2.64. The molecule has 0 spiro atoms. The van der Waals surface area contributed by atoms with Crippen LogP contribution in [0.1, 0.15) is 26.4 Å². The van der Waals surface area contributed by atoms with E-state index in [1.165, 1.54) is 18.2 Å². The zero-order chi connectivity index (χ0) is 20.5. The molecule has 144 valence electrons. The van der Waals surface area contributed by atoms with Gasteiger partial charge < -0.3 is 15.5 Å². The fourth-order valence-electron chi connectivity index (χ4n) is 3.20. The second-order valence-electron chi connectivity index (χ2n) is 6.39. The molecule has 0 aliphatic carbocycles. The third-order valence-electron chi connectivity index (χ3n) is 4.51. The highest BCUT2D eigenvalue weighted by Gasteiger charge is 2.26. The van der Waals surface area contributed by atoms with Crippen LogP contribution in [0.15, 0.2) is 77.4 Å². The van der Waals surface area contributed by atoms with Gasteiger partial charge in [-0.1, -0.05) is 28.1 Å². The van der Waals surface area contributed by atoms with E-state index in [2.05, 4.69) is 21.2 Å². The van der Waals surface area contributed by atoms with Crippen LogP contribution in [0.25, 0.3) is 5.52 Å². The van der Waals surface area contributed by atoms with Crippen LogP contribution in [0, 0.1) is 5.82 Å². The fourth-order valence-corrected chi connectivity index (χ4v) is 3.46. The van der Waals surface area contributed by atoms with Gasteiger partial charge in [0.2, 0.25) is 5.78 Å². The Morgan fingerprint density at radius 2 is 1.76 bits per heavy atom. The van der Waals surface area contributed by atoms with Gasteiger partial charge in [-0.3, -0.25) is 9.59 Å². The number of hydrogen-bond donors (Lipinski definition) is 2. The summed E-state index contributed by atoms with van der Waals surface area (Å²) in [6.07, 6.45) is 1.68. The van der Waals surface area contributed by atoms with Gasteiger partial charge in [0.25, 0.3) is 5.91 Å². The van der Waals surface area contributed by atoms with Gasteiger partial charge in [0.1, 0.15) is 11.5 Å². The number of rotatable bonds is 4. The molecule has 4 aromatic rings. The van der Waals surface area contributed by atoms with Crippen LogP contribution in [0.3, 0.4) is 0 Å². The number of nitrogens with two attached hydrogens (primary N) is 1. The van der Waals surface area contributed by atoms with Crippen LogP contribution in [-0.4, -0.2) is 16.1 Å². The Kier molecular flexibility index (Phi) is 4.90. The number of benzene rings is 2. The van der Waals surface area contributed by atoms with E-state index >= 15 is 0 Å². The third-order valence-corrected chi connectivity index (χ3v) is 5.04. The van der Waals surface area contributed by atoms with Crippen LogP contribution >= 0.6 is 15.9 Å². The number of ketones is 1. The van der Waals surface area contributed by atoms with E-state index in [0.29, 0.717) is 16.8 Å². The molecule has 2 aromatic carbocycles. The molecule has 29 heavy (non-hydrogen) atoms. The molecule has 0 atom stereocenters. The summed E-state index contributed by atoms with van der Waals surface area (Å²) in [6, 6.07) is 17.6. The van der Waals surface area contributed by atoms with E-state index in [1.807, 2.05) is 0 Å². The Morgan fingerprint density at radius 3 is 2.48 bits per heavy atom. The van der Waals surface area contributed by atoms with Crippen molar-refractivity contribution in [3.63, 3.8) is 0 Å². The minimum atomic E-state index is -0.522. The smallest absolute Gasteiger partial charge is 0.259 e. The molecule has 0 aliphatic rings. The Hall–Kier alpha value is -3.45. The number of nitrogens with zero attached hydrogens (tertiary/aromatic N) is 1. The molecule has 5 nitrogen and oxygen atoms in total. The van der Waals surface area contributed by atoms with Crippen LogP contribution in [0.2, 0.25) is 0 Å². The van der Waals surface area contributed by atoms with E-state index in [-0.39, 0.29) is 22.7 Å². The monoisotopic (exact) mass is 451 g/mol. The molecule has 2 heterocycles. The molecular weight excluding hydrogens is 437 g/mol. The first-order valence-corrected chi connectivity index (χ1v) is 9.50. The maximum Gasteiger partial charge on any atom is 0.259 e. The summed E-state index contributed by atoms with van der Waals surface area (Å²) in [4.78, 5) is 26.1. The number of fused-ring (bicyclic) bond motifs is 1. The van der Waals surface area contributed by atoms with Crippen LogP contribution in [0.4, 0.5) is 15.8 Å². The van der Waals surface area contributed by atoms with Crippen LogP contribution in [0.5, 0.6) is 0 Å². The number of halogens is 2. The molecule has 0 bridgehead atoms. The molecule has 0 saturated heterocycles. The number of amides is 1. The van der Waals surface area contributed by atoms with Gasteiger partial charge in [0, 0.05) is 21.9 Å². The lowest BCUT2D eigenvalue weighted by Gasteiger charge is -2.06. The van der Waals surface area contributed by atoms with Gasteiger partial charge in [-0.25, -0.2) is 4.39 Å². The number of pyridine rings is 1. The average molecular weight is 452 g/mol. The molecule has 3 N–H and O–H groups in total. The summed E-state index contributed by atoms with van der Waals surface area (Å²) in [6.45, 7) is 0. The van der Waals surface area contributed by atoms with Crippen molar-refractivity contribution >= 4 is 44.5 Å². The molecule has 0 radical (unpaired) electrons. The first kappa shape index (κ1) is 18.9. The van der Waals surface area contributed by atoms with E-state index < -0.39 is 11.7 Å². The maximum atomic E-state index is 13.5. The number of nitrogens with one attached hydrogen (secondary N) is 1. The zero-order valence-corrected chi connectivity index (χ0v) is 16.6. The summed E-state index contributed by atoms with van der Waals surface area (Å²) in [7, 11) is 0. The zero-order valence-electron chi connectivity index (χ0n) is 15.0. The molecule has 4 rings (SSSR count). The van der Waals surface area contributed by atoms with Crippen molar-refractivity contribution in [2.75, 3.05) is 11.1 Å². The molecule has 0 fully saturated rings. The molecule has 0 aliphatic heterocycles. The Morgan fingerprint density at radius 1 is 1.00 bits per heavy atom. The van der Waals surface area contributed by atoms with Gasteiger partial charge in [-0.05, 0) is 54.6 Å². The highest BCUT2D eigenvalue weighted by atomic mass is 79.9. The van der Waals surface area contributed by atoms with Crippen LogP contribution < -0.4 is 11.1 Å². The van der Waals surface area contributed by atoms with Crippen molar-refractivity contribution in [1.82, 2.24) is 4.40 Å². The molecular formula is C22H15BrFN3O2. The summed E-state index contributed by atoms with van der Waals surface area (Å²) >= 11 is 3.34. The van der Waals surface area contributed by atoms with Gasteiger partial charge >= 0.3 is 0 Å². The normalized spacial score (nSPS) is 10.8. The Balaban J connectivity index is 1.81. The van der Waals surface area contributed by atoms with Crippen molar-refractivity contribution in [2.45, 2.75) is 0 Å². The van der Waals surface area contributed by atoms with E-state index in [1.54, 1.807) is 59.1 Å². The minimum absolute atomic E-state index is 0.0676. The predicted molar refractivity (Wildman–Crippen MR) is 114 cm³/mol. The van der Waals surface area contributed by atoms with Gasteiger partial charge in [-0.2, -0.15) is 0 Å². The quantitative estimate of drug-likeness (QED) is 0.433. The number of carbonyl (C=O) groups is 2. The van der Waals surface area contributed by atoms with E-state index in [0.717, 1.165) is 4.47 Å². The standard InChI is InChI=1S/C22H15BrFN3O2/c23-14-9-7-13(8-10-14)21(28)20-19(25)18(17-6-1-2-11-27(17)20)22(29)26-16-5-3-4-15(24)12-16/h1-12H,25H2,(H,26,29). The molecule has 0 saturated carbocycles. The van der Waals surface area contributed by atoms with Crippen molar-refractivity contribution in [3.05, 3.63) is 100 Å². The number of aromatic nitrogens is 1. The second kappa shape index (κ2) is 7.52. The van der Waals surface area contributed by atoms with Crippen LogP contribution in [-0.2, 0) is 0 Å². The molecule has 0 unspecified atom stereocenters. The van der Waals surface area contributed by atoms with Crippen molar-refractivity contribution in [2.24, 2.45) is 0 Å². The summed E-state index contributed by atoms with van der Waals surface area (Å²) in [5.74, 6) is -1.30. The first-order valence-electron chi connectivity index (χ1n) is 8.71. The Labute approximate surface area is 174 Å². The van der Waals surface area contributed by atoms with Gasteiger partial charge in [0.05, 0.1) is 16.8 Å². The highest BCUT2D eigenvalue weighted by molar-refractivity contribution is 9.10. The first-order chi connectivity index (χ1) is 14.0. The topological polar surface area (TPSA) is 76.6 Å². The number of nitrogen functional groups attached to an aromatic ring is 1. The lowest BCUT2D eigenvalue weighted by molar-refractivity contribution is 0.102. The summed E-state index contributed by atoms with van der Waals surface area (Å²) < 4.78 is 15.9. The number of carbonyl (C=O) groups excluding carboxylic acids is 2. The van der Waals surface area contributed by atoms with Gasteiger partial charge in [0.15, 0.2) is 0 Å². The lowest BCUT2D eigenvalue weighted by Crippen LogP contribution is -2.14. The fraction of sp³-hybridized carbons (Fsp3) is 0. The highest BCUT2D eigenvalue weighted by Crippen LogP contribution is 2.29. The Bertz CT molecular complexity index is 1250. The lowest BCUT2D eigenvalue weighted by atomic mass is 10.1. The van der Waals surface area contributed by atoms with Crippen molar-refractivity contribution in [1.29, 1.82) is 0 Å². The SMILES string of the molecule is Nc1c(C(=O)Nc2cccc(F)c2)c2ccccn2c1C(=O)c1ccc(Br)cc1. The maximum absolute atomic E-state index is 13.5. The number of anilines is 2. The average Bonchev–Trinajstić information content (AvgIpc) is 3.00. The predicted octanol–water partition coefficient (Wildman–Crippen LogP) is 4.91. The van der Waals surface area contributed by atoms with Gasteiger partial charge in [-0.15, -0.1) is 0 Å². The van der Waals surface area contributed by atoms with E-state index in [9.17, 15) is 14.0 Å². The largest absolute Gasteiger partial charge is 0.396 e. The number of hydrogen-bond acceptors (Lipinski definition) is 3. The second-order valence-corrected chi connectivity index (χ2v) is 7.31. The van der Waals surface area contributed by atoms with Crippen molar-refractivity contribution in [3.8, 4) is 0 Å². The minimum Gasteiger partial charge on any atom is -0.396 e. The summed E-state index contributed by atoms with van der Waals surface area (Å²) in [5.41, 5.74) is 7.94. The molecule has 7 heteroatoms.